The number of hydrogen-bond acceptors (Lipinski definition) is 3. The Labute approximate surface area is 102 Å². The van der Waals surface area contributed by atoms with Crippen molar-refractivity contribution in [1.29, 1.82) is 0 Å². The van der Waals surface area contributed by atoms with Crippen molar-refractivity contribution in [1.82, 2.24) is 9.97 Å². The predicted octanol–water partition coefficient (Wildman–Crippen LogP) is 1.20. The zero-order valence-electron chi connectivity index (χ0n) is 9.66. The van der Waals surface area contributed by atoms with Gasteiger partial charge in [0.2, 0.25) is 0 Å². The number of fused-ring (bicyclic) bond motifs is 1. The molecule has 0 saturated heterocycles. The maximum absolute atomic E-state index is 11.9. The molecule has 5 heteroatoms. The number of carbonyl (C=O) groups excluding carboxylic acids is 1. The third kappa shape index (κ3) is 1.99. The van der Waals surface area contributed by atoms with Crippen LogP contribution in [0, 0.1) is 5.92 Å². The van der Waals surface area contributed by atoms with E-state index in [1.54, 1.807) is 18.2 Å². The summed E-state index contributed by atoms with van der Waals surface area (Å²) in [5.41, 5.74) is 0.217. The molecule has 0 bridgehead atoms. The van der Waals surface area contributed by atoms with Gasteiger partial charge in [-0.05, 0) is 37.0 Å². The first-order chi connectivity index (χ1) is 8.63. The van der Waals surface area contributed by atoms with Crippen molar-refractivity contribution in [2.24, 2.45) is 5.92 Å². The van der Waals surface area contributed by atoms with E-state index in [4.69, 9.17) is 0 Å². The number of benzene rings is 1. The summed E-state index contributed by atoms with van der Waals surface area (Å²) < 4.78 is 0. The number of aromatic amines is 2. The van der Waals surface area contributed by atoms with Gasteiger partial charge in [-0.25, -0.2) is 0 Å². The summed E-state index contributed by atoms with van der Waals surface area (Å²) in [5.74, 6) is 0.620. The third-order valence-electron chi connectivity index (χ3n) is 3.22. The minimum absolute atomic E-state index is 0.0893. The molecule has 0 atom stereocenters. The number of rotatable bonds is 3. The van der Waals surface area contributed by atoms with Gasteiger partial charge < -0.3 is 9.97 Å². The highest BCUT2D eigenvalue weighted by Gasteiger charge is 2.24. The fourth-order valence-corrected chi connectivity index (χ4v) is 1.99. The van der Waals surface area contributed by atoms with E-state index < -0.39 is 11.1 Å². The number of ketones is 1. The van der Waals surface area contributed by atoms with Gasteiger partial charge in [0, 0.05) is 12.0 Å². The summed E-state index contributed by atoms with van der Waals surface area (Å²) in [6.07, 6.45) is 2.83. The van der Waals surface area contributed by atoms with Crippen molar-refractivity contribution in [2.45, 2.75) is 19.3 Å². The lowest BCUT2D eigenvalue weighted by Crippen LogP contribution is -2.28. The molecule has 1 aliphatic carbocycles. The Hall–Kier alpha value is -2.17. The van der Waals surface area contributed by atoms with E-state index in [-0.39, 0.29) is 5.78 Å². The van der Waals surface area contributed by atoms with Crippen LogP contribution in [0.5, 0.6) is 0 Å². The molecule has 3 rings (SSSR count). The largest absolute Gasteiger partial charge is 0.316 e. The van der Waals surface area contributed by atoms with E-state index in [1.165, 1.54) is 0 Å². The fraction of sp³-hybridized carbons (Fsp3) is 0.308. The Morgan fingerprint density at radius 2 is 1.78 bits per heavy atom. The Morgan fingerprint density at radius 1 is 1.11 bits per heavy atom. The van der Waals surface area contributed by atoms with Crippen LogP contribution in [0.1, 0.15) is 29.6 Å². The van der Waals surface area contributed by atoms with Crippen LogP contribution in [-0.2, 0) is 0 Å². The highest BCUT2D eigenvalue weighted by molar-refractivity contribution is 5.99. The average Bonchev–Trinajstić information content (AvgIpc) is 3.14. The number of aromatic nitrogens is 2. The molecule has 0 unspecified atom stereocenters. The summed E-state index contributed by atoms with van der Waals surface area (Å²) >= 11 is 0. The topological polar surface area (TPSA) is 82.8 Å². The van der Waals surface area contributed by atoms with E-state index in [0.717, 1.165) is 12.8 Å². The lowest BCUT2D eigenvalue weighted by Gasteiger charge is -2.02. The van der Waals surface area contributed by atoms with Crippen molar-refractivity contribution in [3.05, 3.63) is 44.5 Å². The molecule has 5 nitrogen and oxygen atoms in total. The van der Waals surface area contributed by atoms with Crippen LogP contribution in [0.2, 0.25) is 0 Å². The summed E-state index contributed by atoms with van der Waals surface area (Å²) in [4.78, 5) is 39.2. The zero-order chi connectivity index (χ0) is 12.7. The summed E-state index contributed by atoms with van der Waals surface area (Å²) in [6.45, 7) is 0. The monoisotopic (exact) mass is 244 g/mol. The van der Waals surface area contributed by atoms with Gasteiger partial charge in [-0.3, -0.25) is 14.4 Å². The lowest BCUT2D eigenvalue weighted by atomic mass is 10.1. The SMILES string of the molecule is O=C(CC1CC1)c1ccc2[nH]c(=O)c(=O)[nH]c2c1. The van der Waals surface area contributed by atoms with Crippen LogP contribution >= 0.6 is 0 Å². The molecule has 0 amide bonds. The van der Waals surface area contributed by atoms with E-state index in [9.17, 15) is 14.4 Å². The predicted molar refractivity (Wildman–Crippen MR) is 66.9 cm³/mol. The third-order valence-corrected chi connectivity index (χ3v) is 3.22. The summed E-state index contributed by atoms with van der Waals surface area (Å²) in [7, 11) is 0. The Kier molecular flexibility index (Phi) is 2.40. The molecular weight excluding hydrogens is 232 g/mol. The fourth-order valence-electron chi connectivity index (χ4n) is 1.99. The van der Waals surface area contributed by atoms with Gasteiger partial charge in [0.05, 0.1) is 11.0 Å². The number of carbonyl (C=O) groups is 1. The molecule has 1 saturated carbocycles. The van der Waals surface area contributed by atoms with Crippen LogP contribution in [0.15, 0.2) is 27.8 Å². The molecule has 0 aliphatic heterocycles. The Morgan fingerprint density at radius 3 is 2.44 bits per heavy atom. The van der Waals surface area contributed by atoms with Crippen molar-refractivity contribution >= 4 is 16.8 Å². The second-order valence-electron chi connectivity index (χ2n) is 4.74. The Bertz CT molecular complexity index is 738. The number of nitrogens with one attached hydrogen (secondary N) is 2. The van der Waals surface area contributed by atoms with E-state index in [0.29, 0.717) is 28.9 Å². The van der Waals surface area contributed by atoms with Gasteiger partial charge in [0.25, 0.3) is 0 Å². The van der Waals surface area contributed by atoms with Gasteiger partial charge in [-0.15, -0.1) is 0 Å². The average molecular weight is 244 g/mol. The van der Waals surface area contributed by atoms with Gasteiger partial charge in [-0.2, -0.15) is 0 Å². The van der Waals surface area contributed by atoms with Gasteiger partial charge in [0.15, 0.2) is 5.78 Å². The smallest absolute Gasteiger partial charge is 0.314 e. The molecule has 2 N–H and O–H groups in total. The first kappa shape index (κ1) is 11.0. The molecule has 1 aromatic heterocycles. The standard InChI is InChI=1S/C13H12N2O3/c16-11(5-7-1-2-7)8-3-4-9-10(6-8)15-13(18)12(17)14-9/h3-4,6-7H,1-2,5H2,(H,14,17)(H,15,18). The first-order valence-electron chi connectivity index (χ1n) is 5.93. The molecule has 18 heavy (non-hydrogen) atoms. The highest BCUT2D eigenvalue weighted by Crippen LogP contribution is 2.33. The minimum atomic E-state index is -0.700. The zero-order valence-corrected chi connectivity index (χ0v) is 9.66. The molecule has 0 radical (unpaired) electrons. The normalized spacial score (nSPS) is 14.9. The van der Waals surface area contributed by atoms with Gasteiger partial charge in [0.1, 0.15) is 0 Å². The van der Waals surface area contributed by atoms with Crippen molar-refractivity contribution in [2.75, 3.05) is 0 Å². The molecule has 1 fully saturated rings. The molecular formula is C13H12N2O3. The second kappa shape index (κ2) is 3.94. The number of Topliss-reactive ketones (excluding diaryl/α,β-unsaturated/α-hetero) is 1. The van der Waals surface area contributed by atoms with Crippen LogP contribution < -0.4 is 11.1 Å². The minimum Gasteiger partial charge on any atom is -0.316 e. The van der Waals surface area contributed by atoms with Crippen LogP contribution in [0.3, 0.4) is 0 Å². The second-order valence-corrected chi connectivity index (χ2v) is 4.74. The van der Waals surface area contributed by atoms with Crippen molar-refractivity contribution in [3.8, 4) is 0 Å². The van der Waals surface area contributed by atoms with Crippen LogP contribution in [-0.4, -0.2) is 15.8 Å². The van der Waals surface area contributed by atoms with E-state index in [2.05, 4.69) is 9.97 Å². The van der Waals surface area contributed by atoms with E-state index in [1.807, 2.05) is 0 Å². The Balaban J connectivity index is 2.04. The molecule has 92 valence electrons. The van der Waals surface area contributed by atoms with Crippen LogP contribution in [0.25, 0.3) is 11.0 Å². The van der Waals surface area contributed by atoms with Crippen molar-refractivity contribution in [3.63, 3.8) is 0 Å². The molecule has 1 heterocycles. The number of H-pyrrole nitrogens is 2. The van der Waals surface area contributed by atoms with Crippen LogP contribution in [0.4, 0.5) is 0 Å². The van der Waals surface area contributed by atoms with Gasteiger partial charge >= 0.3 is 11.1 Å². The lowest BCUT2D eigenvalue weighted by molar-refractivity contribution is 0.0976. The summed E-state index contributed by atoms with van der Waals surface area (Å²) in [6, 6.07) is 4.95. The molecule has 2 aromatic rings. The molecule has 1 aliphatic rings. The molecule has 1 aromatic carbocycles. The van der Waals surface area contributed by atoms with Gasteiger partial charge in [-0.1, -0.05) is 0 Å². The first-order valence-corrected chi connectivity index (χ1v) is 5.93. The summed E-state index contributed by atoms with van der Waals surface area (Å²) in [5, 5.41) is 0. The molecule has 0 spiro atoms. The van der Waals surface area contributed by atoms with Crippen molar-refractivity contribution < 1.29 is 4.79 Å². The number of hydrogen-bond donors (Lipinski definition) is 2. The highest BCUT2D eigenvalue weighted by atomic mass is 16.2. The maximum Gasteiger partial charge on any atom is 0.314 e. The van der Waals surface area contributed by atoms with E-state index >= 15 is 0 Å². The maximum atomic E-state index is 11.9. The quantitative estimate of drug-likeness (QED) is 0.628.